The van der Waals surface area contributed by atoms with Crippen molar-refractivity contribution in [1.82, 2.24) is 5.32 Å². The summed E-state index contributed by atoms with van der Waals surface area (Å²) in [6, 6.07) is 13.8. The number of nitrogen functional groups attached to an aromatic ring is 1. The molecule has 0 amide bonds. The highest BCUT2D eigenvalue weighted by molar-refractivity contribution is 5.88. The van der Waals surface area contributed by atoms with E-state index in [2.05, 4.69) is 11.4 Å². The van der Waals surface area contributed by atoms with Gasteiger partial charge in [0.1, 0.15) is 0 Å². The van der Waals surface area contributed by atoms with Gasteiger partial charge in [-0.15, -0.1) is 0 Å². The highest BCUT2D eigenvalue weighted by atomic mass is 16.1. The Hall–Kier alpha value is -2.13. The molecule has 0 saturated carbocycles. The van der Waals surface area contributed by atoms with E-state index in [0.717, 1.165) is 29.8 Å². The lowest BCUT2D eigenvalue weighted by atomic mass is 9.89. The maximum atomic E-state index is 12.6. The maximum absolute atomic E-state index is 12.6. The van der Waals surface area contributed by atoms with Crippen molar-refractivity contribution in [2.45, 2.75) is 25.8 Å². The quantitative estimate of drug-likeness (QED) is 0.850. The molecule has 1 aliphatic rings. The molecule has 3 heteroatoms. The molecule has 1 aliphatic heterocycles. The van der Waals surface area contributed by atoms with Crippen LogP contribution in [0.4, 0.5) is 5.69 Å². The minimum Gasteiger partial charge on any atom is -0.399 e. The van der Waals surface area contributed by atoms with Gasteiger partial charge in [0.15, 0.2) is 5.78 Å². The monoisotopic (exact) mass is 280 g/mol. The summed E-state index contributed by atoms with van der Waals surface area (Å²) in [6.45, 7) is 2.87. The highest BCUT2D eigenvalue weighted by Gasteiger charge is 2.25. The number of hydrogen-bond acceptors (Lipinski definition) is 3. The number of benzene rings is 2. The molecule has 0 fully saturated rings. The van der Waals surface area contributed by atoms with Crippen LogP contribution in [-0.2, 0) is 17.6 Å². The normalized spacial score (nSPS) is 17.3. The topological polar surface area (TPSA) is 55.1 Å². The van der Waals surface area contributed by atoms with Crippen LogP contribution in [0.3, 0.4) is 0 Å². The van der Waals surface area contributed by atoms with Gasteiger partial charge in [0, 0.05) is 18.7 Å². The first kappa shape index (κ1) is 13.8. The third kappa shape index (κ3) is 2.98. The van der Waals surface area contributed by atoms with Crippen LogP contribution in [0, 0.1) is 6.92 Å². The van der Waals surface area contributed by atoms with Gasteiger partial charge in [0.05, 0.1) is 6.04 Å². The molecule has 1 atom stereocenters. The van der Waals surface area contributed by atoms with Crippen LogP contribution in [0.1, 0.15) is 28.3 Å². The Labute approximate surface area is 125 Å². The van der Waals surface area contributed by atoms with E-state index in [1.807, 2.05) is 43.3 Å². The minimum absolute atomic E-state index is 0.213. The molecule has 3 N–H and O–H groups in total. The lowest BCUT2D eigenvalue weighted by molar-refractivity contribution is -0.120. The fourth-order valence-electron chi connectivity index (χ4n) is 3.00. The Balaban J connectivity index is 1.83. The standard InChI is InChI=1S/C18H20N2O/c1-12-3-2-4-13(9-12)10-17(21)18-16-6-5-15(19)11-14(16)7-8-20-18/h2-6,9,11,18,20H,7-8,10,19H2,1H3. The summed E-state index contributed by atoms with van der Waals surface area (Å²) in [6.07, 6.45) is 1.39. The van der Waals surface area contributed by atoms with Crippen LogP contribution >= 0.6 is 0 Å². The van der Waals surface area contributed by atoms with Crippen LogP contribution in [-0.4, -0.2) is 12.3 Å². The molecule has 0 aromatic heterocycles. The maximum Gasteiger partial charge on any atom is 0.158 e. The van der Waals surface area contributed by atoms with Gasteiger partial charge >= 0.3 is 0 Å². The zero-order valence-electron chi connectivity index (χ0n) is 12.2. The number of fused-ring (bicyclic) bond motifs is 1. The Bertz CT molecular complexity index is 679. The summed E-state index contributed by atoms with van der Waals surface area (Å²) in [5.41, 5.74) is 11.1. The largest absolute Gasteiger partial charge is 0.399 e. The molecule has 1 unspecified atom stereocenters. The molecular formula is C18H20N2O. The van der Waals surface area contributed by atoms with Gasteiger partial charge in [-0.1, -0.05) is 35.9 Å². The van der Waals surface area contributed by atoms with Crippen LogP contribution in [0.15, 0.2) is 42.5 Å². The van der Waals surface area contributed by atoms with E-state index in [9.17, 15) is 4.79 Å². The fourth-order valence-corrected chi connectivity index (χ4v) is 3.00. The van der Waals surface area contributed by atoms with Crippen LogP contribution in [0.25, 0.3) is 0 Å². The molecule has 0 spiro atoms. The average molecular weight is 280 g/mol. The fraction of sp³-hybridized carbons (Fsp3) is 0.278. The van der Waals surface area contributed by atoms with Crippen LogP contribution in [0.5, 0.6) is 0 Å². The van der Waals surface area contributed by atoms with E-state index in [1.165, 1.54) is 11.1 Å². The molecule has 2 aromatic rings. The number of rotatable bonds is 3. The van der Waals surface area contributed by atoms with Crippen molar-refractivity contribution < 1.29 is 4.79 Å². The smallest absolute Gasteiger partial charge is 0.158 e. The van der Waals surface area contributed by atoms with Crippen LogP contribution < -0.4 is 11.1 Å². The first-order valence-electron chi connectivity index (χ1n) is 7.33. The number of anilines is 1. The minimum atomic E-state index is -0.213. The Morgan fingerprint density at radius 1 is 1.29 bits per heavy atom. The second-order valence-corrected chi connectivity index (χ2v) is 5.73. The second-order valence-electron chi connectivity index (χ2n) is 5.73. The Morgan fingerprint density at radius 3 is 2.95 bits per heavy atom. The van der Waals surface area contributed by atoms with Gasteiger partial charge in [-0.05, 0) is 42.2 Å². The zero-order valence-corrected chi connectivity index (χ0v) is 12.2. The van der Waals surface area contributed by atoms with Gasteiger partial charge in [-0.3, -0.25) is 4.79 Å². The van der Waals surface area contributed by atoms with E-state index in [1.54, 1.807) is 0 Å². The van der Waals surface area contributed by atoms with E-state index >= 15 is 0 Å². The lowest BCUT2D eigenvalue weighted by Crippen LogP contribution is -2.36. The molecule has 3 nitrogen and oxygen atoms in total. The van der Waals surface area contributed by atoms with Gasteiger partial charge in [-0.2, -0.15) is 0 Å². The lowest BCUT2D eigenvalue weighted by Gasteiger charge is -2.26. The Kier molecular flexibility index (Phi) is 3.76. The van der Waals surface area contributed by atoms with Gasteiger partial charge in [0.2, 0.25) is 0 Å². The van der Waals surface area contributed by atoms with Gasteiger partial charge in [-0.25, -0.2) is 0 Å². The molecule has 2 aromatic carbocycles. The summed E-state index contributed by atoms with van der Waals surface area (Å²) >= 11 is 0. The summed E-state index contributed by atoms with van der Waals surface area (Å²) in [5.74, 6) is 0.214. The molecule has 3 rings (SSSR count). The summed E-state index contributed by atoms with van der Waals surface area (Å²) < 4.78 is 0. The van der Waals surface area contributed by atoms with Crippen molar-refractivity contribution in [3.63, 3.8) is 0 Å². The van der Waals surface area contributed by atoms with Crippen molar-refractivity contribution in [2.75, 3.05) is 12.3 Å². The second kappa shape index (κ2) is 5.70. The van der Waals surface area contributed by atoms with Crippen molar-refractivity contribution in [3.05, 3.63) is 64.7 Å². The summed E-state index contributed by atoms with van der Waals surface area (Å²) in [7, 11) is 0. The van der Waals surface area contributed by atoms with Crippen molar-refractivity contribution in [2.24, 2.45) is 0 Å². The first-order chi connectivity index (χ1) is 10.1. The summed E-state index contributed by atoms with van der Waals surface area (Å²) in [5, 5.41) is 3.34. The number of hydrogen-bond donors (Lipinski definition) is 2. The predicted molar refractivity (Wildman–Crippen MR) is 85.2 cm³/mol. The van der Waals surface area contributed by atoms with E-state index < -0.39 is 0 Å². The third-order valence-corrected chi connectivity index (χ3v) is 4.00. The zero-order chi connectivity index (χ0) is 14.8. The number of carbonyl (C=O) groups is 1. The predicted octanol–water partition coefficient (Wildman–Crippen LogP) is 2.58. The number of nitrogens with one attached hydrogen (secondary N) is 1. The molecule has 0 aliphatic carbocycles. The van der Waals surface area contributed by atoms with E-state index in [4.69, 9.17) is 5.73 Å². The van der Waals surface area contributed by atoms with Crippen LogP contribution in [0.2, 0.25) is 0 Å². The number of nitrogens with two attached hydrogens (primary N) is 1. The summed E-state index contributed by atoms with van der Waals surface area (Å²) in [4.78, 5) is 12.6. The van der Waals surface area contributed by atoms with Crippen molar-refractivity contribution >= 4 is 11.5 Å². The molecule has 0 saturated heterocycles. The van der Waals surface area contributed by atoms with Crippen molar-refractivity contribution in [1.29, 1.82) is 0 Å². The van der Waals surface area contributed by atoms with Crippen molar-refractivity contribution in [3.8, 4) is 0 Å². The Morgan fingerprint density at radius 2 is 2.14 bits per heavy atom. The van der Waals surface area contributed by atoms with E-state index in [0.29, 0.717) is 6.42 Å². The molecule has 0 radical (unpaired) electrons. The number of Topliss-reactive ketones (excluding diaryl/α,β-unsaturated/α-hetero) is 1. The molecule has 0 bridgehead atoms. The van der Waals surface area contributed by atoms with E-state index in [-0.39, 0.29) is 11.8 Å². The average Bonchev–Trinajstić information content (AvgIpc) is 2.46. The molecule has 1 heterocycles. The SMILES string of the molecule is Cc1cccc(CC(=O)C2NCCc3cc(N)ccc32)c1. The number of ketones is 1. The highest BCUT2D eigenvalue weighted by Crippen LogP contribution is 2.26. The molecule has 108 valence electrons. The van der Waals surface area contributed by atoms with Gasteiger partial charge < -0.3 is 11.1 Å². The number of carbonyl (C=O) groups excluding carboxylic acids is 1. The third-order valence-electron chi connectivity index (χ3n) is 4.00. The number of aryl methyl sites for hydroxylation is 1. The van der Waals surface area contributed by atoms with Gasteiger partial charge in [0.25, 0.3) is 0 Å². The first-order valence-corrected chi connectivity index (χ1v) is 7.33. The molecule has 21 heavy (non-hydrogen) atoms. The molecular weight excluding hydrogens is 260 g/mol.